The Morgan fingerprint density at radius 2 is 2.06 bits per heavy atom. The minimum atomic E-state index is -4.73. The fourth-order valence-electron chi connectivity index (χ4n) is 3.20. The summed E-state index contributed by atoms with van der Waals surface area (Å²) in [6.07, 6.45) is -5.50. The molecule has 2 N–H and O–H groups in total. The zero-order chi connectivity index (χ0) is 23.0. The first-order chi connectivity index (χ1) is 14.4. The van der Waals surface area contributed by atoms with E-state index in [-0.39, 0.29) is 34.1 Å². The molecule has 1 aliphatic rings. The lowest BCUT2D eigenvalue weighted by Gasteiger charge is -2.36. The third-order valence-corrected chi connectivity index (χ3v) is 5.00. The van der Waals surface area contributed by atoms with Crippen LogP contribution in [-0.4, -0.2) is 41.2 Å². The van der Waals surface area contributed by atoms with Gasteiger partial charge in [-0.3, -0.25) is 4.79 Å². The van der Waals surface area contributed by atoms with Crippen molar-refractivity contribution in [3.05, 3.63) is 52.2 Å². The maximum absolute atomic E-state index is 14.8. The molecule has 0 unspecified atom stereocenters. The zero-order valence-electron chi connectivity index (χ0n) is 16.3. The second kappa shape index (κ2) is 8.29. The number of alkyl halides is 3. The minimum absolute atomic E-state index is 0.0273. The number of aromatic nitrogens is 2. The van der Waals surface area contributed by atoms with Gasteiger partial charge in [-0.1, -0.05) is 11.6 Å². The molecular weight excluding hydrogens is 444 g/mol. The van der Waals surface area contributed by atoms with Crippen LogP contribution >= 0.6 is 11.6 Å². The highest BCUT2D eigenvalue weighted by Gasteiger charge is 2.50. The van der Waals surface area contributed by atoms with Crippen LogP contribution in [0, 0.1) is 5.82 Å². The average molecular weight is 461 g/mol. The molecule has 2 aromatic rings. The van der Waals surface area contributed by atoms with E-state index in [9.17, 15) is 22.4 Å². The number of rotatable bonds is 5. The number of aliphatic imine (C=N–C) groups is 1. The number of ketones is 1. The number of carbonyl (C=O) groups is 1. The molecule has 12 heteroatoms. The summed E-state index contributed by atoms with van der Waals surface area (Å²) in [7, 11) is 1.39. The number of benzene rings is 1. The number of Topliss-reactive ketones (excluding diaryl/α,β-unsaturated/α-hetero) is 1. The molecule has 0 bridgehead atoms. The van der Waals surface area contributed by atoms with Crippen molar-refractivity contribution in [2.45, 2.75) is 37.6 Å². The Balaban J connectivity index is 1.95. The van der Waals surface area contributed by atoms with Crippen molar-refractivity contribution >= 4 is 23.4 Å². The van der Waals surface area contributed by atoms with Crippen LogP contribution in [0.4, 0.5) is 17.6 Å². The van der Waals surface area contributed by atoms with Gasteiger partial charge in [-0.2, -0.15) is 13.2 Å². The van der Waals surface area contributed by atoms with Gasteiger partial charge in [0.2, 0.25) is 5.88 Å². The number of nitrogens with zero attached hydrogens (tertiary/aromatic N) is 3. The van der Waals surface area contributed by atoms with Gasteiger partial charge in [0.25, 0.3) is 6.02 Å². The fourth-order valence-corrected chi connectivity index (χ4v) is 3.44. The van der Waals surface area contributed by atoms with Crippen molar-refractivity contribution in [2.75, 3.05) is 7.11 Å². The summed E-state index contributed by atoms with van der Waals surface area (Å²) in [5.74, 6) is -1.20. The molecule has 0 amide bonds. The van der Waals surface area contributed by atoms with Crippen LogP contribution in [-0.2, 0) is 16.7 Å². The molecule has 31 heavy (non-hydrogen) atoms. The van der Waals surface area contributed by atoms with E-state index in [2.05, 4.69) is 19.7 Å². The van der Waals surface area contributed by atoms with Gasteiger partial charge in [0, 0.05) is 18.4 Å². The molecule has 0 saturated heterocycles. The highest BCUT2D eigenvalue weighted by molar-refractivity contribution is 6.30. The first-order valence-electron chi connectivity index (χ1n) is 8.89. The fraction of sp³-hybridized carbons (Fsp3) is 0.368. The lowest BCUT2D eigenvalue weighted by molar-refractivity contribution is -0.208. The molecule has 1 aliphatic heterocycles. The van der Waals surface area contributed by atoms with Gasteiger partial charge in [0.15, 0.2) is 11.9 Å². The summed E-state index contributed by atoms with van der Waals surface area (Å²) in [4.78, 5) is 24.2. The smallest absolute Gasteiger partial charge is 0.425 e. The molecule has 0 radical (unpaired) electrons. The Kier molecular flexibility index (Phi) is 6.08. The van der Waals surface area contributed by atoms with E-state index in [1.54, 1.807) is 0 Å². The Morgan fingerprint density at radius 3 is 2.65 bits per heavy atom. The van der Waals surface area contributed by atoms with Gasteiger partial charge in [-0.15, -0.1) is 0 Å². The highest BCUT2D eigenvalue weighted by atomic mass is 35.5. The quantitative estimate of drug-likeness (QED) is 0.541. The van der Waals surface area contributed by atoms with Crippen LogP contribution in [0.25, 0.3) is 0 Å². The lowest BCUT2D eigenvalue weighted by Crippen LogP contribution is -2.46. The first-order valence-corrected chi connectivity index (χ1v) is 9.27. The highest BCUT2D eigenvalue weighted by Crippen LogP contribution is 2.42. The third-order valence-electron chi connectivity index (χ3n) is 4.72. The second-order valence-electron chi connectivity index (χ2n) is 7.06. The molecule has 3 rings (SSSR count). The number of amidine groups is 1. The average Bonchev–Trinajstić information content (AvgIpc) is 2.69. The summed E-state index contributed by atoms with van der Waals surface area (Å²) >= 11 is 5.97. The standard InChI is InChI=1S/C19H17ClF4N4O3/c1-18(6-14(19(22,23)24)31-17(25)28-18)10-3-9(4-11(20)16(10)21)5-13(29)12-7-27-15(30-2)8-26-12/h3-4,7-8,14H,5-6H2,1-2H3,(H2,25,28)/t14-,18-/m0/s1. The molecule has 0 saturated carbocycles. The molecule has 7 nitrogen and oxygen atoms in total. The van der Waals surface area contributed by atoms with Crippen molar-refractivity contribution in [3.8, 4) is 5.88 Å². The molecule has 2 atom stereocenters. The van der Waals surface area contributed by atoms with Crippen molar-refractivity contribution in [1.82, 2.24) is 9.97 Å². The van der Waals surface area contributed by atoms with Crippen LogP contribution in [0.5, 0.6) is 5.88 Å². The Bertz CT molecular complexity index is 1030. The monoisotopic (exact) mass is 460 g/mol. The Labute approximate surface area is 179 Å². The van der Waals surface area contributed by atoms with E-state index in [0.717, 1.165) is 0 Å². The number of methoxy groups -OCH3 is 1. The summed E-state index contributed by atoms with van der Waals surface area (Å²) in [5, 5.41) is -0.369. The summed E-state index contributed by atoms with van der Waals surface area (Å²) in [6.45, 7) is 1.29. The van der Waals surface area contributed by atoms with E-state index in [1.807, 2.05) is 0 Å². The van der Waals surface area contributed by atoms with E-state index in [1.165, 1.54) is 38.6 Å². The molecule has 0 aliphatic carbocycles. The third kappa shape index (κ3) is 4.87. The Hall–Kier alpha value is -2.95. The molecule has 1 aromatic heterocycles. The topological polar surface area (TPSA) is 99.7 Å². The van der Waals surface area contributed by atoms with Gasteiger partial charge >= 0.3 is 6.18 Å². The van der Waals surface area contributed by atoms with E-state index >= 15 is 0 Å². The second-order valence-corrected chi connectivity index (χ2v) is 7.47. The van der Waals surface area contributed by atoms with Gasteiger partial charge in [-0.05, 0) is 24.6 Å². The predicted octanol–water partition coefficient (Wildman–Crippen LogP) is 3.58. The number of carbonyl (C=O) groups excluding carboxylic acids is 1. The number of ether oxygens (including phenoxy) is 2. The van der Waals surface area contributed by atoms with Crippen LogP contribution < -0.4 is 10.5 Å². The molecule has 0 spiro atoms. The molecule has 2 heterocycles. The molecule has 0 fully saturated rings. The predicted molar refractivity (Wildman–Crippen MR) is 103 cm³/mol. The number of hydrogen-bond donors (Lipinski definition) is 1. The molecule has 166 valence electrons. The lowest BCUT2D eigenvalue weighted by atomic mass is 9.84. The van der Waals surface area contributed by atoms with Crippen LogP contribution in [0.1, 0.15) is 35.0 Å². The van der Waals surface area contributed by atoms with Gasteiger partial charge < -0.3 is 15.2 Å². The summed E-state index contributed by atoms with van der Waals surface area (Å²) in [6, 6.07) is 1.74. The normalized spacial score (nSPS) is 21.3. The molecular formula is C19H17ClF4N4O3. The first kappa shape index (κ1) is 22.7. The number of nitrogens with two attached hydrogens (primary N) is 1. The SMILES string of the molecule is COc1cnc(C(=O)Cc2cc(Cl)c(F)c([C@]3(C)C[C@@H](C(F)(F)F)OC(N)=N3)c2)cn1. The number of halogens is 5. The Morgan fingerprint density at radius 1 is 1.35 bits per heavy atom. The van der Waals surface area contributed by atoms with Crippen molar-refractivity contribution in [2.24, 2.45) is 10.7 Å². The van der Waals surface area contributed by atoms with Crippen molar-refractivity contribution < 1.29 is 31.8 Å². The van der Waals surface area contributed by atoms with Crippen LogP contribution in [0.2, 0.25) is 5.02 Å². The van der Waals surface area contributed by atoms with Crippen LogP contribution in [0.3, 0.4) is 0 Å². The largest absolute Gasteiger partial charge is 0.480 e. The number of hydrogen-bond acceptors (Lipinski definition) is 7. The van der Waals surface area contributed by atoms with Gasteiger partial charge in [0.1, 0.15) is 11.5 Å². The van der Waals surface area contributed by atoms with Gasteiger partial charge in [-0.25, -0.2) is 19.4 Å². The van der Waals surface area contributed by atoms with E-state index < -0.39 is 41.9 Å². The van der Waals surface area contributed by atoms with Crippen LogP contribution in [0.15, 0.2) is 29.5 Å². The summed E-state index contributed by atoms with van der Waals surface area (Å²) in [5.41, 5.74) is 3.77. The summed E-state index contributed by atoms with van der Waals surface area (Å²) < 4.78 is 63.9. The zero-order valence-corrected chi connectivity index (χ0v) is 17.1. The van der Waals surface area contributed by atoms with E-state index in [4.69, 9.17) is 22.1 Å². The van der Waals surface area contributed by atoms with Crippen molar-refractivity contribution in [1.29, 1.82) is 0 Å². The maximum Gasteiger partial charge on any atom is 0.425 e. The maximum atomic E-state index is 14.8. The van der Waals surface area contributed by atoms with Crippen molar-refractivity contribution in [3.63, 3.8) is 0 Å². The molecule has 1 aromatic carbocycles. The van der Waals surface area contributed by atoms with Gasteiger partial charge in [0.05, 0.1) is 30.1 Å². The van der Waals surface area contributed by atoms with E-state index in [0.29, 0.717) is 0 Å². The minimum Gasteiger partial charge on any atom is -0.480 e.